The van der Waals surface area contributed by atoms with Crippen LogP contribution in [0.1, 0.15) is 29.5 Å². The molecule has 45 heavy (non-hydrogen) atoms. The Morgan fingerprint density at radius 1 is 0.622 bits per heavy atom. The Morgan fingerprint density at radius 3 is 1.71 bits per heavy atom. The first-order chi connectivity index (χ1) is 21.7. The molecule has 10 heteroatoms. The minimum Gasteiger partial charge on any atom is -0.399 e. The van der Waals surface area contributed by atoms with Gasteiger partial charge in [-0.05, 0) is 77.9 Å². The van der Waals surface area contributed by atoms with Crippen molar-refractivity contribution in [1.29, 1.82) is 0 Å². The van der Waals surface area contributed by atoms with Gasteiger partial charge in [0.1, 0.15) is 0 Å². The Labute approximate surface area is 258 Å². The first-order valence-corrected chi connectivity index (χ1v) is 14.1. The molecule has 4 aromatic carbocycles. The Balaban J connectivity index is 1.14. The largest absolute Gasteiger partial charge is 0.416 e. The molecule has 0 aliphatic heterocycles. The topological polar surface area (TPSA) is 102 Å². The monoisotopic (exact) mass is 603 g/mol. The van der Waals surface area contributed by atoms with E-state index in [1.165, 1.54) is 12.1 Å². The minimum atomic E-state index is -4.39. The second-order valence-corrected chi connectivity index (χ2v) is 10.5. The molecule has 1 atom stereocenters. The fraction of sp³-hybridized carbons (Fsp3) is 0.0857. The lowest BCUT2D eigenvalue weighted by atomic mass is 9.91. The zero-order valence-electron chi connectivity index (χ0n) is 24.1. The third-order valence-electron chi connectivity index (χ3n) is 7.31. The summed E-state index contributed by atoms with van der Waals surface area (Å²) in [5.74, 6) is 0.866. The van der Waals surface area contributed by atoms with Crippen LogP contribution in [0.5, 0.6) is 0 Å². The second kappa shape index (κ2) is 12.5. The van der Waals surface area contributed by atoms with Gasteiger partial charge in [0.25, 0.3) is 0 Å². The van der Waals surface area contributed by atoms with E-state index in [1.807, 2.05) is 54.6 Å². The molecule has 4 N–H and O–H groups in total. The number of hydrogen-bond donors (Lipinski definition) is 3. The van der Waals surface area contributed by atoms with E-state index in [9.17, 15) is 13.2 Å². The molecule has 0 spiro atoms. The molecule has 6 aromatic rings. The number of nitrogens with zero attached hydrogens (tertiary/aromatic N) is 4. The maximum absolute atomic E-state index is 12.9. The van der Waals surface area contributed by atoms with Crippen LogP contribution >= 0.6 is 0 Å². The van der Waals surface area contributed by atoms with E-state index in [-0.39, 0.29) is 11.9 Å². The summed E-state index contributed by atoms with van der Waals surface area (Å²) >= 11 is 0. The maximum Gasteiger partial charge on any atom is 0.416 e. The normalized spacial score (nSPS) is 12.0. The zero-order valence-corrected chi connectivity index (χ0v) is 24.1. The van der Waals surface area contributed by atoms with Crippen LogP contribution in [0.25, 0.3) is 22.5 Å². The Morgan fingerprint density at radius 2 is 1.16 bits per heavy atom. The number of nitrogens with two attached hydrogens (primary N) is 1. The first kappa shape index (κ1) is 29.3. The van der Waals surface area contributed by atoms with Gasteiger partial charge in [-0.25, -0.2) is 19.9 Å². The van der Waals surface area contributed by atoms with Crippen LogP contribution in [0.2, 0.25) is 0 Å². The first-order valence-electron chi connectivity index (χ1n) is 14.1. The average Bonchev–Trinajstić information content (AvgIpc) is 3.05. The van der Waals surface area contributed by atoms with E-state index in [2.05, 4.69) is 61.8 Å². The van der Waals surface area contributed by atoms with Crippen LogP contribution in [-0.2, 0) is 6.18 Å². The van der Waals surface area contributed by atoms with E-state index in [0.29, 0.717) is 23.0 Å². The fourth-order valence-corrected chi connectivity index (χ4v) is 4.87. The number of rotatable bonds is 8. The van der Waals surface area contributed by atoms with Crippen LogP contribution in [0.3, 0.4) is 0 Å². The van der Waals surface area contributed by atoms with Gasteiger partial charge in [-0.2, -0.15) is 13.2 Å². The summed E-state index contributed by atoms with van der Waals surface area (Å²) in [6.45, 7) is 2.14. The van der Waals surface area contributed by atoms with Crippen molar-refractivity contribution in [3.8, 4) is 22.5 Å². The number of alkyl halides is 3. The molecule has 7 nitrogen and oxygen atoms in total. The van der Waals surface area contributed by atoms with Gasteiger partial charge in [-0.1, -0.05) is 49.4 Å². The minimum absolute atomic E-state index is 0.0914. The Kier molecular flexibility index (Phi) is 8.11. The van der Waals surface area contributed by atoms with Crippen molar-refractivity contribution in [2.45, 2.75) is 19.0 Å². The highest BCUT2D eigenvalue weighted by atomic mass is 19.4. The molecule has 0 aliphatic carbocycles. The van der Waals surface area contributed by atoms with Crippen molar-refractivity contribution >= 4 is 29.0 Å². The summed E-state index contributed by atoms with van der Waals surface area (Å²) < 4.78 is 38.7. The SMILES string of the molecule is CC(c1ccc(Nc2nccc(-c3cccc(N)c3)n2)cc1)c1cccc(-c2ccnc(Nc3ccc(C(F)(F)F)cc3)n2)c1. The van der Waals surface area contributed by atoms with Gasteiger partial charge in [0, 0.05) is 46.5 Å². The molecule has 0 fully saturated rings. The van der Waals surface area contributed by atoms with Gasteiger partial charge in [0.2, 0.25) is 11.9 Å². The molecule has 0 saturated carbocycles. The van der Waals surface area contributed by atoms with Crippen molar-refractivity contribution in [3.05, 3.63) is 138 Å². The van der Waals surface area contributed by atoms with Gasteiger partial charge in [0.05, 0.1) is 17.0 Å². The van der Waals surface area contributed by atoms with Crippen molar-refractivity contribution in [3.63, 3.8) is 0 Å². The van der Waals surface area contributed by atoms with Gasteiger partial charge in [-0.3, -0.25) is 0 Å². The molecule has 0 saturated heterocycles. The molecule has 1 unspecified atom stereocenters. The molecule has 2 heterocycles. The molecule has 0 aliphatic rings. The lowest BCUT2D eigenvalue weighted by Crippen LogP contribution is -2.05. The van der Waals surface area contributed by atoms with Crippen molar-refractivity contribution < 1.29 is 13.2 Å². The van der Waals surface area contributed by atoms with Gasteiger partial charge < -0.3 is 16.4 Å². The Hall–Kier alpha value is -5.77. The highest BCUT2D eigenvalue weighted by molar-refractivity contribution is 5.66. The number of halogens is 3. The molecular formula is C35H28F3N7. The van der Waals surface area contributed by atoms with Gasteiger partial charge in [0.15, 0.2) is 0 Å². The molecular weight excluding hydrogens is 575 g/mol. The summed E-state index contributed by atoms with van der Waals surface area (Å²) in [6.07, 6.45) is -1.06. The third-order valence-corrected chi connectivity index (χ3v) is 7.31. The average molecular weight is 604 g/mol. The predicted octanol–water partition coefficient (Wildman–Crippen LogP) is 8.84. The lowest BCUT2D eigenvalue weighted by Gasteiger charge is -2.15. The molecule has 6 rings (SSSR count). The summed E-state index contributed by atoms with van der Waals surface area (Å²) in [4.78, 5) is 17.8. The molecule has 2 aromatic heterocycles. The Bertz CT molecular complexity index is 1920. The van der Waals surface area contributed by atoms with E-state index in [1.54, 1.807) is 18.5 Å². The molecule has 0 bridgehead atoms. The summed E-state index contributed by atoms with van der Waals surface area (Å²) in [5.41, 5.74) is 12.7. The van der Waals surface area contributed by atoms with Gasteiger partial charge >= 0.3 is 6.18 Å². The quantitative estimate of drug-likeness (QED) is 0.149. The van der Waals surface area contributed by atoms with Crippen molar-refractivity contribution in [2.75, 3.05) is 16.4 Å². The highest BCUT2D eigenvalue weighted by Gasteiger charge is 2.30. The highest BCUT2D eigenvalue weighted by Crippen LogP contribution is 2.31. The summed E-state index contributed by atoms with van der Waals surface area (Å²) in [7, 11) is 0. The van der Waals surface area contributed by atoms with Gasteiger partial charge in [-0.15, -0.1) is 0 Å². The van der Waals surface area contributed by atoms with E-state index in [4.69, 9.17) is 5.73 Å². The smallest absolute Gasteiger partial charge is 0.399 e. The van der Waals surface area contributed by atoms with Crippen LogP contribution < -0.4 is 16.4 Å². The van der Waals surface area contributed by atoms with Crippen LogP contribution in [0, 0.1) is 0 Å². The summed E-state index contributed by atoms with van der Waals surface area (Å²) in [6, 6.07) is 32.2. The molecule has 0 radical (unpaired) electrons. The molecule has 0 amide bonds. The zero-order chi connectivity index (χ0) is 31.4. The molecule has 224 valence electrons. The second-order valence-electron chi connectivity index (χ2n) is 10.5. The predicted molar refractivity (Wildman–Crippen MR) is 171 cm³/mol. The summed E-state index contributed by atoms with van der Waals surface area (Å²) in [5, 5.41) is 6.26. The van der Waals surface area contributed by atoms with Crippen LogP contribution in [0.15, 0.2) is 122 Å². The van der Waals surface area contributed by atoms with Crippen molar-refractivity contribution in [2.24, 2.45) is 0 Å². The third kappa shape index (κ3) is 7.07. The number of nitrogen functional groups attached to an aromatic ring is 1. The lowest BCUT2D eigenvalue weighted by molar-refractivity contribution is -0.137. The maximum atomic E-state index is 12.9. The standard InChI is InChI=1S/C35H28F3N7/c1-22(23-8-12-29(13-9-23)42-33-41-19-17-32(45-33)26-6-3-7-28(39)21-26)24-4-2-5-25(20-24)31-16-18-40-34(44-31)43-30-14-10-27(11-15-30)35(36,37)38/h2-22H,39H2,1H3,(H,40,43,44)(H,41,42,45). The van der Waals surface area contributed by atoms with E-state index >= 15 is 0 Å². The van der Waals surface area contributed by atoms with Crippen LogP contribution in [-0.4, -0.2) is 19.9 Å². The van der Waals surface area contributed by atoms with E-state index in [0.717, 1.165) is 45.8 Å². The fourth-order valence-electron chi connectivity index (χ4n) is 4.87. The number of aromatic nitrogens is 4. The number of hydrogen-bond acceptors (Lipinski definition) is 7. The number of nitrogens with one attached hydrogen (secondary N) is 2. The van der Waals surface area contributed by atoms with Crippen molar-refractivity contribution in [1.82, 2.24) is 19.9 Å². The van der Waals surface area contributed by atoms with Crippen LogP contribution in [0.4, 0.5) is 42.1 Å². The number of benzene rings is 4. The van der Waals surface area contributed by atoms with E-state index < -0.39 is 11.7 Å². The number of anilines is 5.